The normalized spacial score (nSPS) is 33.8. The molecule has 0 saturated carbocycles. The lowest BCUT2D eigenvalue weighted by molar-refractivity contribution is 0.0972. The van der Waals surface area contributed by atoms with Crippen LogP contribution in [0.5, 0.6) is 0 Å². The molecule has 0 radical (unpaired) electrons. The molecule has 0 aliphatic carbocycles. The van der Waals surface area contributed by atoms with E-state index in [1.807, 2.05) is 17.9 Å². The van der Waals surface area contributed by atoms with E-state index in [1.54, 1.807) is 0 Å². The van der Waals surface area contributed by atoms with Crippen molar-refractivity contribution in [2.45, 2.75) is 44.1 Å². The van der Waals surface area contributed by atoms with Crippen LogP contribution in [0.15, 0.2) is 12.3 Å². The molecule has 3 rings (SSSR count). The van der Waals surface area contributed by atoms with Crippen LogP contribution in [0, 0.1) is 0 Å². The third-order valence-electron chi connectivity index (χ3n) is 3.57. The second-order valence-electron chi connectivity index (χ2n) is 4.54. The lowest BCUT2D eigenvalue weighted by Gasteiger charge is -2.19. The Balaban J connectivity index is 1.57. The molecule has 3 atom stereocenters. The summed E-state index contributed by atoms with van der Waals surface area (Å²) in [6.45, 7) is 0.897. The minimum atomic E-state index is 0.461. The smallest absolute Gasteiger partial charge is 0.0733 e. The number of rotatable bonds is 3. The minimum Gasteiger partial charge on any atom is -0.373 e. The third-order valence-corrected chi connectivity index (χ3v) is 3.57. The second-order valence-corrected chi connectivity index (χ2v) is 4.54. The summed E-state index contributed by atoms with van der Waals surface area (Å²) in [4.78, 5) is 0. The van der Waals surface area contributed by atoms with Gasteiger partial charge in [0.25, 0.3) is 0 Å². The molecule has 2 bridgehead atoms. The van der Waals surface area contributed by atoms with Gasteiger partial charge >= 0.3 is 0 Å². The van der Waals surface area contributed by atoms with Gasteiger partial charge in [0.2, 0.25) is 0 Å². The number of aromatic nitrogens is 2. The highest BCUT2D eigenvalue weighted by atomic mass is 16.5. The zero-order valence-corrected chi connectivity index (χ0v) is 9.02. The monoisotopic (exact) mass is 207 g/mol. The van der Waals surface area contributed by atoms with E-state index < -0.39 is 0 Å². The standard InChI is InChI=1S/C11H17N3O/c1-14-8(4-5-13-14)7-12-10-6-9-2-3-11(10)15-9/h4-5,9-12H,2-3,6-7H2,1H3. The zero-order valence-electron chi connectivity index (χ0n) is 9.02. The fourth-order valence-corrected chi connectivity index (χ4v) is 2.66. The van der Waals surface area contributed by atoms with Gasteiger partial charge in [-0.05, 0) is 25.3 Å². The van der Waals surface area contributed by atoms with Crippen LogP contribution in [0.4, 0.5) is 0 Å². The van der Waals surface area contributed by atoms with Gasteiger partial charge in [-0.25, -0.2) is 0 Å². The molecule has 2 aliphatic rings. The molecule has 1 aromatic heterocycles. The number of ether oxygens (including phenoxy) is 1. The Labute approximate surface area is 89.6 Å². The molecule has 82 valence electrons. The first kappa shape index (κ1) is 9.36. The van der Waals surface area contributed by atoms with Gasteiger partial charge in [-0.3, -0.25) is 4.68 Å². The molecule has 15 heavy (non-hydrogen) atoms. The third kappa shape index (κ3) is 1.68. The van der Waals surface area contributed by atoms with Gasteiger partial charge in [-0.1, -0.05) is 0 Å². The summed E-state index contributed by atoms with van der Waals surface area (Å²) in [6, 6.07) is 2.61. The van der Waals surface area contributed by atoms with E-state index in [4.69, 9.17) is 4.74 Å². The summed E-state index contributed by atoms with van der Waals surface area (Å²) in [6.07, 6.45) is 6.50. The van der Waals surface area contributed by atoms with E-state index in [1.165, 1.54) is 25.0 Å². The van der Waals surface area contributed by atoms with Crippen LogP contribution in [0.1, 0.15) is 25.0 Å². The Kier molecular flexibility index (Phi) is 2.25. The zero-order chi connectivity index (χ0) is 10.3. The Morgan fingerprint density at radius 1 is 1.60 bits per heavy atom. The summed E-state index contributed by atoms with van der Waals surface area (Å²) in [5.74, 6) is 0. The first-order valence-corrected chi connectivity index (χ1v) is 5.68. The summed E-state index contributed by atoms with van der Waals surface area (Å²) >= 11 is 0. The van der Waals surface area contributed by atoms with Crippen molar-refractivity contribution in [2.75, 3.05) is 0 Å². The van der Waals surface area contributed by atoms with Crippen LogP contribution >= 0.6 is 0 Å². The molecule has 2 fully saturated rings. The average molecular weight is 207 g/mol. The molecule has 0 spiro atoms. The highest BCUT2D eigenvalue weighted by Crippen LogP contribution is 2.34. The lowest BCUT2D eigenvalue weighted by atomic mass is 9.95. The Hall–Kier alpha value is -0.870. The first-order valence-electron chi connectivity index (χ1n) is 5.68. The highest BCUT2D eigenvalue weighted by molar-refractivity contribution is 5.01. The number of nitrogens with one attached hydrogen (secondary N) is 1. The average Bonchev–Trinajstić information content (AvgIpc) is 2.90. The Morgan fingerprint density at radius 3 is 3.13 bits per heavy atom. The SMILES string of the molecule is Cn1nccc1CNC1CC2CCC1O2. The summed E-state index contributed by atoms with van der Waals surface area (Å²) in [7, 11) is 1.98. The molecule has 3 unspecified atom stereocenters. The fraction of sp³-hybridized carbons (Fsp3) is 0.727. The van der Waals surface area contributed by atoms with Crippen LogP contribution in [-0.2, 0) is 18.3 Å². The number of hydrogen-bond donors (Lipinski definition) is 1. The van der Waals surface area contributed by atoms with Crippen LogP contribution < -0.4 is 5.32 Å². The molecule has 4 heteroatoms. The van der Waals surface area contributed by atoms with Crippen LogP contribution in [0.3, 0.4) is 0 Å². The van der Waals surface area contributed by atoms with Crippen LogP contribution in [0.25, 0.3) is 0 Å². The molecular formula is C11H17N3O. The molecule has 1 N–H and O–H groups in total. The van der Waals surface area contributed by atoms with Crippen molar-refractivity contribution in [2.24, 2.45) is 7.05 Å². The Morgan fingerprint density at radius 2 is 2.53 bits per heavy atom. The van der Waals surface area contributed by atoms with Crippen LogP contribution in [-0.4, -0.2) is 28.0 Å². The van der Waals surface area contributed by atoms with E-state index >= 15 is 0 Å². The van der Waals surface area contributed by atoms with Crippen molar-refractivity contribution in [3.63, 3.8) is 0 Å². The van der Waals surface area contributed by atoms with Gasteiger partial charge in [0.15, 0.2) is 0 Å². The predicted octanol–water partition coefficient (Wildman–Crippen LogP) is 0.830. The van der Waals surface area contributed by atoms with Gasteiger partial charge in [-0.15, -0.1) is 0 Å². The molecule has 2 aliphatic heterocycles. The van der Waals surface area contributed by atoms with Crippen molar-refractivity contribution in [1.29, 1.82) is 0 Å². The van der Waals surface area contributed by atoms with Gasteiger partial charge in [0, 0.05) is 25.8 Å². The highest BCUT2D eigenvalue weighted by Gasteiger charge is 2.40. The van der Waals surface area contributed by atoms with Gasteiger partial charge in [-0.2, -0.15) is 5.10 Å². The maximum Gasteiger partial charge on any atom is 0.0733 e. The van der Waals surface area contributed by atoms with Crippen molar-refractivity contribution in [3.8, 4) is 0 Å². The second kappa shape index (κ2) is 3.61. The molecule has 0 amide bonds. The number of fused-ring (bicyclic) bond motifs is 2. The van der Waals surface area contributed by atoms with Gasteiger partial charge in [0.1, 0.15) is 0 Å². The maximum atomic E-state index is 5.80. The summed E-state index contributed by atoms with van der Waals surface area (Å²) in [5.41, 5.74) is 1.23. The van der Waals surface area contributed by atoms with E-state index in [2.05, 4.69) is 16.5 Å². The lowest BCUT2D eigenvalue weighted by Crippen LogP contribution is -2.37. The van der Waals surface area contributed by atoms with Crippen LogP contribution in [0.2, 0.25) is 0 Å². The van der Waals surface area contributed by atoms with E-state index in [0.717, 1.165) is 6.54 Å². The molecule has 3 heterocycles. The Bertz CT molecular complexity index is 349. The predicted molar refractivity (Wildman–Crippen MR) is 56.3 cm³/mol. The molecule has 4 nitrogen and oxygen atoms in total. The fourth-order valence-electron chi connectivity index (χ4n) is 2.66. The topological polar surface area (TPSA) is 39.1 Å². The van der Waals surface area contributed by atoms with Gasteiger partial charge < -0.3 is 10.1 Å². The quantitative estimate of drug-likeness (QED) is 0.798. The number of nitrogens with zero attached hydrogens (tertiary/aromatic N) is 2. The van der Waals surface area contributed by atoms with E-state index in [9.17, 15) is 0 Å². The van der Waals surface area contributed by atoms with Crippen molar-refractivity contribution in [3.05, 3.63) is 18.0 Å². The number of hydrogen-bond acceptors (Lipinski definition) is 3. The molecule has 2 saturated heterocycles. The summed E-state index contributed by atoms with van der Waals surface area (Å²) in [5, 5.41) is 7.73. The maximum absolute atomic E-state index is 5.80. The van der Waals surface area contributed by atoms with Gasteiger partial charge in [0.05, 0.1) is 17.9 Å². The molecule has 1 aromatic rings. The molecule has 0 aromatic carbocycles. The van der Waals surface area contributed by atoms with Crippen molar-refractivity contribution in [1.82, 2.24) is 15.1 Å². The number of aryl methyl sites for hydroxylation is 1. The minimum absolute atomic E-state index is 0.461. The molecular weight excluding hydrogens is 190 g/mol. The first-order chi connectivity index (χ1) is 7.33. The van der Waals surface area contributed by atoms with E-state index in [0.29, 0.717) is 18.2 Å². The largest absolute Gasteiger partial charge is 0.373 e. The van der Waals surface area contributed by atoms with E-state index in [-0.39, 0.29) is 0 Å². The summed E-state index contributed by atoms with van der Waals surface area (Å²) < 4.78 is 7.72. The van der Waals surface area contributed by atoms with Crippen molar-refractivity contribution >= 4 is 0 Å². The van der Waals surface area contributed by atoms with Crippen molar-refractivity contribution < 1.29 is 4.74 Å².